The van der Waals surface area contributed by atoms with Gasteiger partial charge in [-0.25, -0.2) is 0 Å². The van der Waals surface area contributed by atoms with E-state index in [1.165, 1.54) is 30.4 Å². The molecule has 20 heavy (non-hydrogen) atoms. The van der Waals surface area contributed by atoms with Gasteiger partial charge in [0.25, 0.3) is 0 Å². The van der Waals surface area contributed by atoms with E-state index in [1.807, 2.05) is 0 Å². The van der Waals surface area contributed by atoms with Gasteiger partial charge in [0.2, 0.25) is 0 Å². The lowest BCUT2D eigenvalue weighted by molar-refractivity contribution is 0.448. The molecule has 0 heterocycles. The van der Waals surface area contributed by atoms with Crippen molar-refractivity contribution in [2.24, 2.45) is 5.92 Å². The molecule has 0 aliphatic carbocycles. The molecule has 0 saturated carbocycles. The zero-order valence-corrected chi connectivity index (χ0v) is 14.3. The maximum Gasteiger partial charge on any atom is 0.0320 e. The van der Waals surface area contributed by atoms with Crippen molar-refractivity contribution < 1.29 is 0 Å². The third-order valence-electron chi connectivity index (χ3n) is 4.46. The molecule has 1 heteroatoms. The molecule has 1 N–H and O–H groups in total. The topological polar surface area (TPSA) is 12.0 Å². The summed E-state index contributed by atoms with van der Waals surface area (Å²) in [6.45, 7) is 14.7. The van der Waals surface area contributed by atoms with Gasteiger partial charge < -0.3 is 5.32 Å². The predicted molar refractivity (Wildman–Crippen MR) is 90.2 cm³/mol. The molecule has 114 valence electrons. The average molecular weight is 275 g/mol. The van der Waals surface area contributed by atoms with Gasteiger partial charge in [-0.2, -0.15) is 0 Å². The lowest BCUT2D eigenvalue weighted by Crippen LogP contribution is -2.22. The Balaban J connectivity index is 2.82. The quantitative estimate of drug-likeness (QED) is 0.664. The van der Waals surface area contributed by atoms with Crippen LogP contribution in [0.5, 0.6) is 0 Å². The van der Waals surface area contributed by atoms with Gasteiger partial charge >= 0.3 is 0 Å². The maximum atomic E-state index is 3.63. The smallest absolute Gasteiger partial charge is 0.0320 e. The predicted octanol–water partition coefficient (Wildman–Crippen LogP) is 5.46. The Hall–Kier alpha value is -0.820. The van der Waals surface area contributed by atoms with Crippen LogP contribution in [-0.2, 0) is 5.41 Å². The minimum absolute atomic E-state index is 0.282. The number of nitrogens with one attached hydrogen (secondary N) is 1. The van der Waals surface area contributed by atoms with Crippen LogP contribution in [0.1, 0.15) is 78.0 Å². The van der Waals surface area contributed by atoms with Crippen LogP contribution in [0.15, 0.2) is 24.3 Å². The van der Waals surface area contributed by atoms with E-state index in [9.17, 15) is 0 Å². The van der Waals surface area contributed by atoms with E-state index < -0.39 is 0 Å². The largest absolute Gasteiger partial charge is 0.310 e. The third kappa shape index (κ3) is 4.94. The van der Waals surface area contributed by atoms with Crippen molar-refractivity contribution in [2.45, 2.75) is 72.3 Å². The second-order valence-corrected chi connectivity index (χ2v) is 6.94. The van der Waals surface area contributed by atoms with Crippen LogP contribution >= 0.6 is 0 Å². The van der Waals surface area contributed by atoms with Crippen molar-refractivity contribution in [1.82, 2.24) is 5.32 Å². The molecule has 0 saturated heterocycles. The zero-order valence-electron chi connectivity index (χ0n) is 14.3. The lowest BCUT2D eigenvalue weighted by Gasteiger charge is -2.25. The standard InChI is InChI=1S/C19H33N/c1-7-19(5,6)17-12-10-16(11-13-17)18(20-8-2)14-9-15(3)4/h10-13,15,18,20H,7-9,14H2,1-6H3. The molecule has 0 radical (unpaired) electrons. The molecule has 0 aliphatic heterocycles. The van der Waals surface area contributed by atoms with Gasteiger partial charge in [-0.15, -0.1) is 0 Å². The number of benzene rings is 1. The van der Waals surface area contributed by atoms with Crippen molar-refractivity contribution >= 4 is 0 Å². The van der Waals surface area contributed by atoms with Crippen LogP contribution in [0.25, 0.3) is 0 Å². The van der Waals surface area contributed by atoms with Crippen LogP contribution in [-0.4, -0.2) is 6.54 Å². The molecule has 1 aromatic rings. The first kappa shape index (κ1) is 17.2. The van der Waals surface area contributed by atoms with E-state index >= 15 is 0 Å². The Kier molecular flexibility index (Phi) is 6.75. The van der Waals surface area contributed by atoms with E-state index in [1.54, 1.807) is 0 Å². The first-order valence-corrected chi connectivity index (χ1v) is 8.24. The third-order valence-corrected chi connectivity index (χ3v) is 4.46. The molecule has 0 amide bonds. The molecule has 1 unspecified atom stereocenters. The highest BCUT2D eigenvalue weighted by atomic mass is 14.9. The normalized spacial score (nSPS) is 13.8. The van der Waals surface area contributed by atoms with Crippen molar-refractivity contribution in [3.63, 3.8) is 0 Å². The van der Waals surface area contributed by atoms with Gasteiger partial charge in [-0.3, -0.25) is 0 Å². The van der Waals surface area contributed by atoms with Crippen LogP contribution < -0.4 is 5.32 Å². The molecule has 0 aliphatic rings. The Labute approximate surface area is 126 Å². The summed E-state index contributed by atoms with van der Waals surface area (Å²) in [5, 5.41) is 3.63. The Morgan fingerprint density at radius 2 is 1.60 bits per heavy atom. The zero-order chi connectivity index (χ0) is 15.2. The summed E-state index contributed by atoms with van der Waals surface area (Å²) in [7, 11) is 0. The van der Waals surface area contributed by atoms with E-state index in [0.29, 0.717) is 6.04 Å². The van der Waals surface area contributed by atoms with Crippen molar-refractivity contribution in [3.8, 4) is 0 Å². The summed E-state index contributed by atoms with van der Waals surface area (Å²) < 4.78 is 0. The molecule has 1 rings (SSSR count). The van der Waals surface area contributed by atoms with Crippen LogP contribution in [0, 0.1) is 5.92 Å². The van der Waals surface area contributed by atoms with Crippen LogP contribution in [0.2, 0.25) is 0 Å². The van der Waals surface area contributed by atoms with E-state index in [4.69, 9.17) is 0 Å². The summed E-state index contributed by atoms with van der Waals surface area (Å²) in [4.78, 5) is 0. The minimum atomic E-state index is 0.282. The first-order chi connectivity index (χ1) is 9.40. The van der Waals surface area contributed by atoms with Gasteiger partial charge in [-0.1, -0.05) is 65.8 Å². The highest BCUT2D eigenvalue weighted by molar-refractivity contribution is 5.29. The summed E-state index contributed by atoms with van der Waals surface area (Å²) in [6.07, 6.45) is 3.68. The summed E-state index contributed by atoms with van der Waals surface area (Å²) in [5.41, 5.74) is 3.16. The molecule has 1 nitrogen and oxygen atoms in total. The molecule has 0 bridgehead atoms. The fourth-order valence-electron chi connectivity index (χ4n) is 2.50. The van der Waals surface area contributed by atoms with E-state index in [-0.39, 0.29) is 5.41 Å². The SMILES string of the molecule is CCNC(CCC(C)C)c1ccc(C(C)(C)CC)cc1. The lowest BCUT2D eigenvalue weighted by atomic mass is 9.81. The van der Waals surface area contributed by atoms with Crippen LogP contribution in [0.3, 0.4) is 0 Å². The van der Waals surface area contributed by atoms with Gasteiger partial charge in [0.15, 0.2) is 0 Å². The average Bonchev–Trinajstić information content (AvgIpc) is 2.43. The van der Waals surface area contributed by atoms with Crippen molar-refractivity contribution in [3.05, 3.63) is 35.4 Å². The maximum absolute atomic E-state index is 3.63. The van der Waals surface area contributed by atoms with E-state index in [2.05, 4.69) is 71.1 Å². The second kappa shape index (κ2) is 7.83. The molecule has 0 fully saturated rings. The minimum Gasteiger partial charge on any atom is -0.310 e. The molecule has 1 atom stereocenters. The molecular formula is C19H33N. The van der Waals surface area contributed by atoms with Gasteiger partial charge in [0, 0.05) is 6.04 Å². The van der Waals surface area contributed by atoms with Crippen LogP contribution in [0.4, 0.5) is 0 Å². The molecular weight excluding hydrogens is 242 g/mol. The van der Waals surface area contributed by atoms with Gasteiger partial charge in [-0.05, 0) is 48.3 Å². The fourth-order valence-corrected chi connectivity index (χ4v) is 2.50. The van der Waals surface area contributed by atoms with Crippen molar-refractivity contribution in [1.29, 1.82) is 0 Å². The molecule has 0 aromatic heterocycles. The van der Waals surface area contributed by atoms with Crippen molar-refractivity contribution in [2.75, 3.05) is 6.54 Å². The first-order valence-electron chi connectivity index (χ1n) is 8.24. The Morgan fingerprint density at radius 1 is 1.00 bits per heavy atom. The van der Waals surface area contributed by atoms with Gasteiger partial charge in [0.05, 0.1) is 0 Å². The van der Waals surface area contributed by atoms with E-state index in [0.717, 1.165) is 12.5 Å². The van der Waals surface area contributed by atoms with Gasteiger partial charge in [0.1, 0.15) is 0 Å². The summed E-state index contributed by atoms with van der Waals surface area (Å²) in [6, 6.07) is 9.78. The Morgan fingerprint density at radius 3 is 2.05 bits per heavy atom. The molecule has 0 spiro atoms. The number of hydrogen-bond donors (Lipinski definition) is 1. The second-order valence-electron chi connectivity index (χ2n) is 6.94. The summed E-state index contributed by atoms with van der Waals surface area (Å²) in [5.74, 6) is 0.773. The number of hydrogen-bond acceptors (Lipinski definition) is 1. The fraction of sp³-hybridized carbons (Fsp3) is 0.684. The highest BCUT2D eigenvalue weighted by Crippen LogP contribution is 2.28. The Bertz CT molecular complexity index is 375. The number of rotatable bonds is 8. The monoisotopic (exact) mass is 275 g/mol. The molecule has 1 aromatic carbocycles. The summed E-state index contributed by atoms with van der Waals surface area (Å²) >= 11 is 0. The highest BCUT2D eigenvalue weighted by Gasteiger charge is 2.18.